The van der Waals surface area contributed by atoms with E-state index in [-0.39, 0.29) is 0 Å². The van der Waals surface area contributed by atoms with Crippen LogP contribution >= 0.6 is 0 Å². The molecule has 0 radical (unpaired) electrons. The van der Waals surface area contributed by atoms with E-state index in [4.69, 9.17) is 8.85 Å². The monoisotopic (exact) mass is 166 g/mol. The maximum Gasteiger partial charge on any atom is 0.676 e. The molecule has 0 saturated carbocycles. The summed E-state index contributed by atoms with van der Waals surface area (Å²) in [6.07, 6.45) is 0. The van der Waals surface area contributed by atoms with Crippen LogP contribution in [0.15, 0.2) is 0 Å². The van der Waals surface area contributed by atoms with Crippen molar-refractivity contribution in [3.63, 3.8) is 0 Å². The average molecular weight is 166 g/mol. The zero-order valence-electron chi connectivity index (χ0n) is 6.59. The van der Waals surface area contributed by atoms with E-state index < -0.39 is 9.05 Å². The number of hydrogen-bond donors (Lipinski definition) is 1. The molecule has 4 nitrogen and oxygen atoms in total. The summed E-state index contributed by atoms with van der Waals surface area (Å²) < 4.78 is 14.4. The molecule has 0 fully saturated rings. The summed E-state index contributed by atoms with van der Waals surface area (Å²) in [4.78, 5) is 9.29. The highest BCUT2D eigenvalue weighted by molar-refractivity contribution is 6.51. The molecule has 62 valence electrons. The minimum Gasteiger partial charge on any atom is -0.367 e. The number of hydrogen-bond acceptors (Lipinski definition) is 4. The summed E-state index contributed by atoms with van der Waals surface area (Å²) in [6, 6.07) is 0. The van der Waals surface area contributed by atoms with Crippen LogP contribution in [-0.2, 0) is 13.3 Å². The third-order valence-electron chi connectivity index (χ3n) is 0.911. The SMILES string of the molecule is CCO[Si](O)(OC)OCC. The van der Waals surface area contributed by atoms with E-state index in [0.29, 0.717) is 13.2 Å². The van der Waals surface area contributed by atoms with Crippen molar-refractivity contribution in [1.82, 2.24) is 0 Å². The molecule has 0 atom stereocenters. The van der Waals surface area contributed by atoms with Gasteiger partial charge in [-0.1, -0.05) is 0 Å². The fourth-order valence-electron chi connectivity index (χ4n) is 0.524. The van der Waals surface area contributed by atoms with E-state index in [2.05, 4.69) is 4.43 Å². The van der Waals surface area contributed by atoms with Gasteiger partial charge in [0.1, 0.15) is 0 Å². The van der Waals surface area contributed by atoms with Gasteiger partial charge < -0.3 is 18.1 Å². The highest BCUT2D eigenvalue weighted by Crippen LogP contribution is 2.02. The molecule has 0 heterocycles. The van der Waals surface area contributed by atoms with Crippen molar-refractivity contribution in [2.75, 3.05) is 20.3 Å². The van der Waals surface area contributed by atoms with Crippen LogP contribution in [0.5, 0.6) is 0 Å². The molecule has 10 heavy (non-hydrogen) atoms. The quantitative estimate of drug-likeness (QED) is 0.590. The number of rotatable bonds is 5. The molecule has 0 aromatic heterocycles. The van der Waals surface area contributed by atoms with Gasteiger partial charge in [0.2, 0.25) is 0 Å². The van der Waals surface area contributed by atoms with Crippen molar-refractivity contribution in [3.05, 3.63) is 0 Å². The largest absolute Gasteiger partial charge is 0.676 e. The summed E-state index contributed by atoms with van der Waals surface area (Å²) in [5.41, 5.74) is 0. The highest BCUT2D eigenvalue weighted by Gasteiger charge is 2.38. The van der Waals surface area contributed by atoms with E-state index in [9.17, 15) is 4.80 Å². The smallest absolute Gasteiger partial charge is 0.367 e. The molecular weight excluding hydrogens is 152 g/mol. The third kappa shape index (κ3) is 3.28. The zero-order valence-corrected chi connectivity index (χ0v) is 7.59. The standard InChI is InChI=1S/C5H14O4Si/c1-4-8-10(6,7-3)9-5-2/h6H,4-5H2,1-3H3. The first kappa shape index (κ1) is 10.1. The molecule has 0 aromatic carbocycles. The van der Waals surface area contributed by atoms with Gasteiger partial charge in [-0.3, -0.25) is 0 Å². The molecule has 0 bridgehead atoms. The normalized spacial score (nSPS) is 12.0. The molecule has 0 saturated heterocycles. The Labute approximate surface area is 62.2 Å². The van der Waals surface area contributed by atoms with Crippen molar-refractivity contribution in [1.29, 1.82) is 0 Å². The second-order valence-electron chi connectivity index (χ2n) is 1.59. The Hall–Kier alpha value is 0.0569. The lowest BCUT2D eigenvalue weighted by Crippen LogP contribution is -2.45. The fraction of sp³-hybridized carbons (Fsp3) is 1.00. The van der Waals surface area contributed by atoms with Crippen LogP contribution in [0.1, 0.15) is 13.8 Å². The van der Waals surface area contributed by atoms with Crippen molar-refractivity contribution in [3.8, 4) is 0 Å². The van der Waals surface area contributed by atoms with Gasteiger partial charge >= 0.3 is 9.05 Å². The Morgan fingerprint density at radius 3 is 1.80 bits per heavy atom. The van der Waals surface area contributed by atoms with Crippen LogP contribution in [0.25, 0.3) is 0 Å². The van der Waals surface area contributed by atoms with Gasteiger partial charge in [0.25, 0.3) is 0 Å². The first-order valence-electron chi connectivity index (χ1n) is 3.24. The van der Waals surface area contributed by atoms with E-state index >= 15 is 0 Å². The van der Waals surface area contributed by atoms with Gasteiger partial charge in [0.05, 0.1) is 0 Å². The van der Waals surface area contributed by atoms with E-state index in [1.165, 1.54) is 7.11 Å². The average Bonchev–Trinajstić information content (AvgIpc) is 1.89. The molecule has 0 aromatic rings. The molecule has 0 unspecified atom stereocenters. The van der Waals surface area contributed by atoms with Gasteiger partial charge in [-0.25, -0.2) is 0 Å². The van der Waals surface area contributed by atoms with E-state index in [1.807, 2.05) is 0 Å². The minimum absolute atomic E-state index is 0.399. The second kappa shape index (κ2) is 4.81. The van der Waals surface area contributed by atoms with E-state index in [1.54, 1.807) is 13.8 Å². The molecule has 0 aliphatic heterocycles. The molecule has 1 N–H and O–H groups in total. The summed E-state index contributed by atoms with van der Waals surface area (Å²) in [7, 11) is -1.85. The van der Waals surface area contributed by atoms with Gasteiger partial charge in [-0.15, -0.1) is 0 Å². The fourth-order valence-corrected chi connectivity index (χ4v) is 1.57. The Morgan fingerprint density at radius 2 is 1.60 bits per heavy atom. The first-order valence-corrected chi connectivity index (χ1v) is 4.91. The zero-order chi connectivity index (χ0) is 8.04. The van der Waals surface area contributed by atoms with Gasteiger partial charge in [0.15, 0.2) is 0 Å². The van der Waals surface area contributed by atoms with Crippen LogP contribution in [0.2, 0.25) is 0 Å². The van der Waals surface area contributed by atoms with Crippen LogP contribution < -0.4 is 0 Å². The molecule has 0 spiro atoms. The van der Waals surface area contributed by atoms with Crippen LogP contribution in [0.4, 0.5) is 0 Å². The van der Waals surface area contributed by atoms with Gasteiger partial charge in [0, 0.05) is 20.3 Å². The summed E-state index contributed by atoms with van der Waals surface area (Å²) in [5.74, 6) is 0. The van der Waals surface area contributed by atoms with Gasteiger partial charge in [-0.05, 0) is 13.8 Å². The maximum absolute atomic E-state index is 9.29. The molecule has 0 aliphatic carbocycles. The lowest BCUT2D eigenvalue weighted by Gasteiger charge is -2.18. The molecule has 0 amide bonds. The molecular formula is C5H14O4Si. The maximum atomic E-state index is 9.29. The first-order chi connectivity index (χ1) is 4.68. The van der Waals surface area contributed by atoms with E-state index in [0.717, 1.165) is 0 Å². The predicted octanol–water partition coefficient (Wildman–Crippen LogP) is 0.134. The van der Waals surface area contributed by atoms with Crippen molar-refractivity contribution < 1.29 is 18.1 Å². The minimum atomic E-state index is -3.22. The highest BCUT2D eigenvalue weighted by atomic mass is 28.4. The summed E-state index contributed by atoms with van der Waals surface area (Å²) >= 11 is 0. The van der Waals surface area contributed by atoms with Crippen molar-refractivity contribution >= 4 is 9.05 Å². The lowest BCUT2D eigenvalue weighted by atomic mass is 10.9. The Kier molecular flexibility index (Phi) is 4.84. The topological polar surface area (TPSA) is 47.9 Å². The Bertz CT molecular complexity index is 81.7. The Morgan fingerprint density at radius 1 is 1.20 bits per heavy atom. The third-order valence-corrected chi connectivity index (χ3v) is 2.73. The van der Waals surface area contributed by atoms with Crippen molar-refractivity contribution in [2.24, 2.45) is 0 Å². The predicted molar refractivity (Wildman–Crippen MR) is 38.2 cm³/mol. The lowest BCUT2D eigenvalue weighted by molar-refractivity contribution is 0.0138. The van der Waals surface area contributed by atoms with Gasteiger partial charge in [-0.2, -0.15) is 0 Å². The Balaban J connectivity index is 3.69. The van der Waals surface area contributed by atoms with Crippen LogP contribution in [0, 0.1) is 0 Å². The second-order valence-corrected chi connectivity index (χ2v) is 3.63. The van der Waals surface area contributed by atoms with Crippen LogP contribution in [0.3, 0.4) is 0 Å². The van der Waals surface area contributed by atoms with Crippen molar-refractivity contribution in [2.45, 2.75) is 13.8 Å². The molecule has 0 aliphatic rings. The summed E-state index contributed by atoms with van der Waals surface area (Å²) in [6.45, 7) is 4.35. The van der Waals surface area contributed by atoms with Crippen LogP contribution in [-0.4, -0.2) is 34.2 Å². The molecule has 5 heteroatoms. The molecule has 0 rings (SSSR count). The summed E-state index contributed by atoms with van der Waals surface area (Å²) in [5, 5.41) is 0.